The summed E-state index contributed by atoms with van der Waals surface area (Å²) in [5, 5.41) is 29.0. The second-order valence-electron chi connectivity index (χ2n) is 12.0. The highest BCUT2D eigenvalue weighted by Crippen LogP contribution is 2.58. The topological polar surface area (TPSA) is 168 Å². The molecule has 0 heterocycles. The van der Waals surface area contributed by atoms with Gasteiger partial charge >= 0.3 is 0 Å². The molecule has 4 unspecified atom stereocenters. The average molecular weight is 593 g/mol. The van der Waals surface area contributed by atoms with Crippen LogP contribution in [-0.2, 0) is 9.59 Å². The van der Waals surface area contributed by atoms with Gasteiger partial charge in [-0.15, -0.1) is 9.81 Å². The number of hydrogen-bond donors (Lipinski definition) is 2. The Balaban J connectivity index is 2.02. The van der Waals surface area contributed by atoms with Gasteiger partial charge in [0.05, 0.1) is 21.9 Å². The number of nitrogens with zero attached hydrogens (tertiary/aromatic N) is 2. The molecule has 10 heteroatoms. The lowest BCUT2D eigenvalue weighted by molar-refractivity contribution is -0.120. The highest BCUT2D eigenvalue weighted by molar-refractivity contribution is 6.25. The first kappa shape index (κ1) is 29.0. The fourth-order valence-corrected chi connectivity index (χ4v) is 7.75. The number of hydrogen-bond acceptors (Lipinski definition) is 10. The van der Waals surface area contributed by atoms with Crippen LogP contribution in [0.25, 0.3) is 32.7 Å². The molecule has 10 nitrogen and oxygen atoms in total. The summed E-state index contributed by atoms with van der Waals surface area (Å²) in [7, 11) is 0. The Bertz CT molecular complexity index is 1880. The minimum Gasteiger partial charge on any atom is -0.507 e. The number of Topliss-reactive ketones (excluding diaryl/α,β-unsaturated/α-hetero) is 4. The number of aromatic hydroxyl groups is 2. The van der Waals surface area contributed by atoms with Crippen molar-refractivity contribution in [3.63, 3.8) is 0 Å². The Labute approximate surface area is 251 Å². The maximum absolute atomic E-state index is 13.8. The Kier molecular flexibility index (Phi) is 6.75. The molecule has 0 spiro atoms. The minimum atomic E-state index is -0.899. The number of phenolic OH excluding ortho intramolecular Hbond substituents is 2. The van der Waals surface area contributed by atoms with E-state index in [2.05, 4.69) is 10.4 Å². The van der Waals surface area contributed by atoms with Gasteiger partial charge in [-0.05, 0) is 81.2 Å². The minimum absolute atomic E-state index is 0.0318. The zero-order chi connectivity index (χ0) is 31.8. The van der Waals surface area contributed by atoms with Gasteiger partial charge in [0.1, 0.15) is 34.4 Å². The zero-order valence-corrected chi connectivity index (χ0v) is 24.4. The summed E-state index contributed by atoms with van der Waals surface area (Å²) < 4.78 is 0. The first-order valence-corrected chi connectivity index (χ1v) is 14.3. The number of fused-ring (bicyclic) bond motifs is 4. The summed E-state index contributed by atoms with van der Waals surface area (Å²) in [6.45, 7) is 6.27. The molecule has 222 valence electrons. The molecule has 4 aromatic carbocycles. The quantitative estimate of drug-likeness (QED) is 0.223. The predicted molar refractivity (Wildman–Crippen MR) is 164 cm³/mol. The van der Waals surface area contributed by atoms with E-state index in [1.807, 2.05) is 0 Å². The van der Waals surface area contributed by atoms with Gasteiger partial charge in [-0.3, -0.25) is 19.2 Å². The third kappa shape index (κ3) is 3.86. The van der Waals surface area contributed by atoms with Gasteiger partial charge in [0.2, 0.25) is 0 Å². The van der Waals surface area contributed by atoms with Crippen molar-refractivity contribution < 1.29 is 29.4 Å². The monoisotopic (exact) mass is 592 g/mol. The van der Waals surface area contributed by atoms with Crippen LogP contribution in [0.15, 0.2) is 46.8 Å². The average Bonchev–Trinajstić information content (AvgIpc) is 2.95. The zero-order valence-electron chi connectivity index (χ0n) is 24.4. The summed E-state index contributed by atoms with van der Waals surface area (Å²) in [6, 6.07) is 8.95. The van der Waals surface area contributed by atoms with Gasteiger partial charge in [0.15, 0.2) is 11.6 Å². The number of phenols is 2. The summed E-state index contributed by atoms with van der Waals surface area (Å²) in [5.74, 6) is -4.94. The summed E-state index contributed by atoms with van der Waals surface area (Å²) in [6.07, 6.45) is -0.116. The predicted octanol–water partition coefficient (Wildman–Crippen LogP) is 7.66. The van der Waals surface area contributed by atoms with Crippen LogP contribution in [-0.4, -0.2) is 33.3 Å². The largest absolute Gasteiger partial charge is 0.507 e. The molecule has 2 aliphatic carbocycles. The number of rotatable bonds is 5. The van der Waals surface area contributed by atoms with Crippen LogP contribution in [0.2, 0.25) is 0 Å². The van der Waals surface area contributed by atoms with Gasteiger partial charge in [-0.2, -0.15) is 0 Å². The summed E-state index contributed by atoms with van der Waals surface area (Å²) in [4.78, 5) is 79.1. The van der Waals surface area contributed by atoms with Crippen LogP contribution >= 0.6 is 0 Å². The van der Waals surface area contributed by atoms with E-state index in [9.17, 15) is 39.2 Å². The molecule has 0 aliphatic heterocycles. The van der Waals surface area contributed by atoms with Crippen LogP contribution in [0.3, 0.4) is 0 Å². The van der Waals surface area contributed by atoms with E-state index in [1.165, 1.54) is 38.1 Å². The van der Waals surface area contributed by atoms with Crippen molar-refractivity contribution in [1.82, 2.24) is 0 Å². The van der Waals surface area contributed by atoms with E-state index in [0.717, 1.165) is 0 Å². The fraction of sp³-hybridized carbons (Fsp3) is 0.294. The van der Waals surface area contributed by atoms with Crippen molar-refractivity contribution in [3.05, 3.63) is 68.5 Å². The number of nitroso groups, excluding NO2 is 2. The van der Waals surface area contributed by atoms with Crippen molar-refractivity contribution in [2.75, 3.05) is 0 Å². The molecule has 4 atom stereocenters. The van der Waals surface area contributed by atoms with E-state index < -0.39 is 35.2 Å². The second-order valence-corrected chi connectivity index (χ2v) is 12.0. The molecule has 0 saturated heterocycles. The number of ketones is 4. The smallest absolute Gasteiger partial charge is 0.165 e. The van der Waals surface area contributed by atoms with E-state index in [0.29, 0.717) is 0 Å². The molecule has 4 aromatic rings. The maximum Gasteiger partial charge on any atom is 0.165 e. The van der Waals surface area contributed by atoms with Crippen molar-refractivity contribution in [1.29, 1.82) is 0 Å². The third-order valence-electron chi connectivity index (χ3n) is 9.29. The molecule has 0 amide bonds. The first-order chi connectivity index (χ1) is 20.9. The Morgan fingerprint density at radius 1 is 0.659 bits per heavy atom. The standard InChI is InChI=1S/C34H28N2O8/c1-13-11-21(41)29-31(23(13)15(3)37)27(17-7-5-9-19(39)25(17)33(29)35-43)28-18-8-6-10-20(40)26(18)34(36-44)30-22(42)12-14(2)24(16(4)38)32(28)30/h5-10,13-14,23-24,39-40H,11-12H2,1-4H3. The molecule has 2 aliphatic rings. The fourth-order valence-electron chi connectivity index (χ4n) is 7.75. The van der Waals surface area contributed by atoms with E-state index in [4.69, 9.17) is 0 Å². The molecular formula is C34H28N2O8. The Hall–Kier alpha value is -5.12. The second kappa shape index (κ2) is 10.3. The van der Waals surface area contributed by atoms with Gasteiger partial charge in [-0.1, -0.05) is 38.1 Å². The number of carbonyl (C=O) groups excluding carboxylic acids is 4. The van der Waals surface area contributed by atoms with Crippen LogP contribution < -0.4 is 0 Å². The number of carbonyl (C=O) groups is 4. The van der Waals surface area contributed by atoms with Gasteiger partial charge in [-0.25, -0.2) is 0 Å². The molecule has 0 fully saturated rings. The maximum atomic E-state index is 13.8. The van der Waals surface area contributed by atoms with Crippen molar-refractivity contribution >= 4 is 56.1 Å². The van der Waals surface area contributed by atoms with Gasteiger partial charge < -0.3 is 10.2 Å². The number of benzene rings is 4. The summed E-state index contributed by atoms with van der Waals surface area (Å²) in [5.41, 5.74) is 0.0420. The summed E-state index contributed by atoms with van der Waals surface area (Å²) >= 11 is 0. The van der Waals surface area contributed by atoms with Gasteiger partial charge in [0, 0.05) is 24.7 Å². The molecule has 0 saturated carbocycles. The highest BCUT2D eigenvalue weighted by Gasteiger charge is 2.44. The molecule has 0 bridgehead atoms. The van der Waals surface area contributed by atoms with Crippen LogP contribution in [0, 0.1) is 21.6 Å². The van der Waals surface area contributed by atoms with E-state index in [1.54, 1.807) is 26.0 Å². The van der Waals surface area contributed by atoms with Crippen molar-refractivity contribution in [2.45, 2.75) is 52.4 Å². The van der Waals surface area contributed by atoms with E-state index in [-0.39, 0.29) is 102 Å². The van der Waals surface area contributed by atoms with Gasteiger partial charge in [0.25, 0.3) is 0 Å². The molecular weight excluding hydrogens is 564 g/mol. The lowest BCUT2D eigenvalue weighted by Crippen LogP contribution is -2.30. The van der Waals surface area contributed by atoms with E-state index >= 15 is 0 Å². The Morgan fingerprint density at radius 3 is 1.34 bits per heavy atom. The molecule has 0 radical (unpaired) electrons. The molecule has 2 N–H and O–H groups in total. The van der Waals surface area contributed by atoms with Crippen molar-refractivity contribution in [3.8, 4) is 22.6 Å². The Morgan fingerprint density at radius 2 is 1.02 bits per heavy atom. The van der Waals surface area contributed by atoms with Crippen LogP contribution in [0.4, 0.5) is 11.4 Å². The van der Waals surface area contributed by atoms with Crippen LogP contribution in [0.5, 0.6) is 11.5 Å². The highest BCUT2D eigenvalue weighted by atomic mass is 16.3. The SMILES string of the molecule is CC(=O)C1c2c(c(N=O)c3c(O)cccc3c2-c2c3c(c(N=O)c4c(O)cccc24)C(=O)CC(C)C3C(C)=O)C(=O)CC1C. The first-order valence-electron chi connectivity index (χ1n) is 14.3. The molecule has 6 rings (SSSR count). The third-order valence-corrected chi connectivity index (χ3v) is 9.29. The lowest BCUT2D eigenvalue weighted by Gasteiger charge is -2.36. The van der Waals surface area contributed by atoms with Crippen LogP contribution in [0.1, 0.15) is 84.2 Å². The molecule has 0 aromatic heterocycles. The molecule has 44 heavy (non-hydrogen) atoms. The lowest BCUT2D eigenvalue weighted by atomic mass is 9.65. The normalized spacial score (nSPS) is 21.2. The van der Waals surface area contributed by atoms with Crippen molar-refractivity contribution in [2.24, 2.45) is 22.2 Å².